The fourth-order valence-corrected chi connectivity index (χ4v) is 1.24. The van der Waals surface area contributed by atoms with Gasteiger partial charge in [0.25, 0.3) is 0 Å². The van der Waals surface area contributed by atoms with Crippen LogP contribution >= 0.6 is 0 Å². The van der Waals surface area contributed by atoms with E-state index in [1.165, 1.54) is 6.92 Å². The van der Waals surface area contributed by atoms with Gasteiger partial charge in [-0.1, -0.05) is 0 Å². The fourth-order valence-electron chi connectivity index (χ4n) is 1.24. The topological polar surface area (TPSA) is 90.9 Å². The van der Waals surface area contributed by atoms with Gasteiger partial charge < -0.3 is 16.4 Å². The number of nitrogens with two attached hydrogens (primary N) is 1. The molecule has 1 aromatic rings. The van der Waals surface area contributed by atoms with Crippen molar-refractivity contribution in [3.8, 4) is 6.07 Å². The lowest BCUT2D eigenvalue weighted by atomic mass is 10.1. The molecule has 4 N–H and O–H groups in total. The molecular weight excluding hydrogens is 204 g/mol. The van der Waals surface area contributed by atoms with Crippen LogP contribution in [0.4, 0.5) is 11.4 Å². The molecule has 0 spiro atoms. The van der Waals surface area contributed by atoms with Crippen LogP contribution in [0.1, 0.15) is 12.5 Å². The molecule has 0 saturated heterocycles. The van der Waals surface area contributed by atoms with Crippen LogP contribution in [0.25, 0.3) is 0 Å². The number of nitriles is 1. The molecule has 1 amide bonds. The normalized spacial score (nSPS) is 9.25. The summed E-state index contributed by atoms with van der Waals surface area (Å²) in [7, 11) is 0. The summed E-state index contributed by atoms with van der Waals surface area (Å²) >= 11 is 0. The molecule has 16 heavy (non-hydrogen) atoms. The summed E-state index contributed by atoms with van der Waals surface area (Å²) < 4.78 is 0. The van der Waals surface area contributed by atoms with Crippen molar-refractivity contribution in [1.82, 2.24) is 5.32 Å². The van der Waals surface area contributed by atoms with Gasteiger partial charge in [0.15, 0.2) is 0 Å². The number of hydrogen-bond donors (Lipinski definition) is 3. The van der Waals surface area contributed by atoms with E-state index in [4.69, 9.17) is 11.0 Å². The van der Waals surface area contributed by atoms with E-state index in [0.29, 0.717) is 24.3 Å². The van der Waals surface area contributed by atoms with Crippen LogP contribution in [0.5, 0.6) is 0 Å². The predicted molar refractivity (Wildman–Crippen MR) is 62.7 cm³/mol. The van der Waals surface area contributed by atoms with Crippen molar-refractivity contribution in [3.05, 3.63) is 23.8 Å². The number of benzene rings is 1. The van der Waals surface area contributed by atoms with E-state index in [0.717, 1.165) is 5.69 Å². The summed E-state index contributed by atoms with van der Waals surface area (Å²) in [6.07, 6.45) is 0. The van der Waals surface area contributed by atoms with Crippen LogP contribution < -0.4 is 16.4 Å². The Labute approximate surface area is 94.2 Å². The number of anilines is 2. The first kappa shape index (κ1) is 11.9. The van der Waals surface area contributed by atoms with Crippen molar-refractivity contribution >= 4 is 17.3 Å². The van der Waals surface area contributed by atoms with Crippen molar-refractivity contribution in [3.63, 3.8) is 0 Å². The number of hydrogen-bond acceptors (Lipinski definition) is 4. The minimum absolute atomic E-state index is 0.0698. The van der Waals surface area contributed by atoms with Crippen LogP contribution in [0, 0.1) is 11.3 Å². The maximum absolute atomic E-state index is 10.6. The second-order valence-electron chi connectivity index (χ2n) is 3.33. The monoisotopic (exact) mass is 218 g/mol. The van der Waals surface area contributed by atoms with Crippen molar-refractivity contribution in [2.24, 2.45) is 0 Å². The van der Waals surface area contributed by atoms with Gasteiger partial charge in [0, 0.05) is 25.7 Å². The van der Waals surface area contributed by atoms with Crippen molar-refractivity contribution in [2.45, 2.75) is 6.92 Å². The minimum atomic E-state index is -0.0698. The van der Waals surface area contributed by atoms with Gasteiger partial charge in [-0.05, 0) is 18.2 Å². The maximum Gasteiger partial charge on any atom is 0.216 e. The number of carbonyl (C=O) groups is 1. The predicted octanol–water partition coefficient (Wildman–Crippen LogP) is 0.688. The molecule has 5 nitrogen and oxygen atoms in total. The highest BCUT2D eigenvalue weighted by atomic mass is 16.1. The van der Waals surface area contributed by atoms with Gasteiger partial charge in [-0.25, -0.2) is 0 Å². The Morgan fingerprint density at radius 1 is 1.50 bits per heavy atom. The summed E-state index contributed by atoms with van der Waals surface area (Å²) in [6.45, 7) is 2.55. The molecule has 0 unspecified atom stereocenters. The lowest BCUT2D eigenvalue weighted by Crippen LogP contribution is -2.26. The van der Waals surface area contributed by atoms with Gasteiger partial charge in [-0.2, -0.15) is 5.26 Å². The molecule has 84 valence electrons. The third-order valence-electron chi connectivity index (χ3n) is 1.98. The zero-order chi connectivity index (χ0) is 12.0. The molecule has 0 atom stereocenters. The summed E-state index contributed by atoms with van der Waals surface area (Å²) in [4.78, 5) is 10.6. The van der Waals surface area contributed by atoms with E-state index in [-0.39, 0.29) is 5.91 Å². The van der Waals surface area contributed by atoms with Crippen molar-refractivity contribution in [1.29, 1.82) is 5.26 Å². The standard InChI is InChI=1S/C11H14N4O/c1-8(16)14-4-5-15-11-3-2-10(13)6-9(11)7-12/h2-3,6,15H,4-5,13H2,1H3,(H,14,16). The number of nitrogens with zero attached hydrogens (tertiary/aromatic N) is 1. The van der Waals surface area contributed by atoms with Gasteiger partial charge in [-0.15, -0.1) is 0 Å². The molecule has 0 saturated carbocycles. The highest BCUT2D eigenvalue weighted by Gasteiger charge is 2.01. The summed E-state index contributed by atoms with van der Waals surface area (Å²) in [5.74, 6) is -0.0698. The Hall–Kier alpha value is -2.22. The molecule has 1 aromatic carbocycles. The average Bonchev–Trinajstić information content (AvgIpc) is 2.25. The highest BCUT2D eigenvalue weighted by molar-refractivity contribution is 5.72. The smallest absolute Gasteiger partial charge is 0.216 e. The molecule has 1 rings (SSSR count). The van der Waals surface area contributed by atoms with Crippen molar-refractivity contribution < 1.29 is 4.79 Å². The van der Waals surface area contributed by atoms with E-state index >= 15 is 0 Å². The maximum atomic E-state index is 10.6. The van der Waals surface area contributed by atoms with E-state index in [9.17, 15) is 4.79 Å². The molecule has 0 bridgehead atoms. The summed E-state index contributed by atoms with van der Waals surface area (Å²) in [5.41, 5.74) is 7.35. The quantitative estimate of drug-likeness (QED) is 0.512. The molecule has 0 aliphatic carbocycles. The number of carbonyl (C=O) groups excluding carboxylic acids is 1. The van der Waals surface area contributed by atoms with E-state index in [2.05, 4.69) is 16.7 Å². The summed E-state index contributed by atoms with van der Waals surface area (Å²) in [6, 6.07) is 7.14. The van der Waals surface area contributed by atoms with Gasteiger partial charge in [0.05, 0.1) is 11.3 Å². The third-order valence-corrected chi connectivity index (χ3v) is 1.98. The van der Waals surface area contributed by atoms with Crippen LogP contribution in [0.15, 0.2) is 18.2 Å². The first-order chi connectivity index (χ1) is 7.63. The average molecular weight is 218 g/mol. The summed E-state index contributed by atoms with van der Waals surface area (Å²) in [5, 5.41) is 14.6. The first-order valence-corrected chi connectivity index (χ1v) is 4.91. The zero-order valence-electron chi connectivity index (χ0n) is 9.08. The van der Waals surface area contributed by atoms with Gasteiger partial charge >= 0.3 is 0 Å². The number of nitrogen functional groups attached to an aromatic ring is 1. The molecular formula is C11H14N4O. The van der Waals surface area contributed by atoms with E-state index < -0.39 is 0 Å². The second-order valence-corrected chi connectivity index (χ2v) is 3.33. The Morgan fingerprint density at radius 3 is 2.88 bits per heavy atom. The SMILES string of the molecule is CC(=O)NCCNc1ccc(N)cc1C#N. The lowest BCUT2D eigenvalue weighted by Gasteiger charge is -2.08. The van der Waals surface area contributed by atoms with Gasteiger partial charge in [0.2, 0.25) is 5.91 Å². The molecule has 0 heterocycles. The van der Waals surface area contributed by atoms with Crippen LogP contribution in [-0.4, -0.2) is 19.0 Å². The van der Waals surface area contributed by atoms with Gasteiger partial charge in [-0.3, -0.25) is 4.79 Å². The Kier molecular flexibility index (Phi) is 4.16. The van der Waals surface area contributed by atoms with Crippen molar-refractivity contribution in [2.75, 3.05) is 24.1 Å². The Balaban J connectivity index is 2.54. The van der Waals surface area contributed by atoms with E-state index in [1.54, 1.807) is 18.2 Å². The molecule has 0 aliphatic rings. The van der Waals surface area contributed by atoms with Gasteiger partial charge in [0.1, 0.15) is 6.07 Å². The minimum Gasteiger partial charge on any atom is -0.399 e. The fraction of sp³-hybridized carbons (Fsp3) is 0.273. The largest absolute Gasteiger partial charge is 0.399 e. The Bertz CT molecular complexity index is 422. The molecule has 5 heteroatoms. The Morgan fingerprint density at radius 2 is 2.25 bits per heavy atom. The number of amides is 1. The first-order valence-electron chi connectivity index (χ1n) is 4.91. The van der Waals surface area contributed by atoms with Crippen LogP contribution in [-0.2, 0) is 4.79 Å². The molecule has 0 fully saturated rings. The third kappa shape index (κ3) is 3.50. The molecule has 0 aromatic heterocycles. The van der Waals surface area contributed by atoms with Crippen LogP contribution in [0.3, 0.4) is 0 Å². The lowest BCUT2D eigenvalue weighted by molar-refractivity contribution is -0.118. The van der Waals surface area contributed by atoms with E-state index in [1.807, 2.05) is 0 Å². The highest BCUT2D eigenvalue weighted by Crippen LogP contribution is 2.17. The number of rotatable bonds is 4. The molecule has 0 aliphatic heterocycles. The zero-order valence-corrected chi connectivity index (χ0v) is 9.08. The number of nitrogens with one attached hydrogen (secondary N) is 2. The van der Waals surface area contributed by atoms with Crippen LogP contribution in [0.2, 0.25) is 0 Å². The second kappa shape index (κ2) is 5.61. The molecule has 0 radical (unpaired) electrons.